The van der Waals surface area contributed by atoms with E-state index in [-0.39, 0.29) is 6.42 Å². The Labute approximate surface area is 96.4 Å². The first-order chi connectivity index (χ1) is 6.50. The highest BCUT2D eigenvalue weighted by molar-refractivity contribution is 6.43. The Morgan fingerprint density at radius 2 is 1.93 bits per heavy atom. The number of benzene rings is 1. The van der Waals surface area contributed by atoms with Crippen molar-refractivity contribution in [2.24, 2.45) is 0 Å². The molecule has 0 saturated heterocycles. The minimum absolute atomic E-state index is 0.0103. The predicted molar refractivity (Wildman–Crippen MR) is 57.4 cm³/mol. The minimum Gasteiger partial charge on any atom is -0.481 e. The molecule has 0 spiro atoms. The zero-order valence-electron chi connectivity index (χ0n) is 7.06. The fourth-order valence-corrected chi connectivity index (χ4v) is 1.77. The Hall–Kier alpha value is -0.440. The molecule has 1 aromatic carbocycles. The summed E-state index contributed by atoms with van der Waals surface area (Å²) in [5.41, 5.74) is 0.659. The summed E-state index contributed by atoms with van der Waals surface area (Å²) in [6.45, 7) is 0. The number of halogens is 3. The quantitative estimate of drug-likeness (QED) is 0.835. The molecule has 5 heteroatoms. The average molecular weight is 254 g/mol. The van der Waals surface area contributed by atoms with E-state index in [2.05, 4.69) is 0 Å². The maximum Gasteiger partial charge on any atom is 0.303 e. The molecule has 0 unspecified atom stereocenters. The summed E-state index contributed by atoms with van der Waals surface area (Å²) in [7, 11) is 0. The van der Waals surface area contributed by atoms with Crippen LogP contribution in [0.2, 0.25) is 15.1 Å². The largest absolute Gasteiger partial charge is 0.481 e. The summed E-state index contributed by atoms with van der Waals surface area (Å²) in [4.78, 5) is 10.3. The fraction of sp³-hybridized carbons (Fsp3) is 0.222. The summed E-state index contributed by atoms with van der Waals surface area (Å²) in [5.74, 6) is -0.878. The molecule has 1 N–H and O–H groups in total. The molecule has 0 radical (unpaired) electrons. The van der Waals surface area contributed by atoms with Gasteiger partial charge in [0.2, 0.25) is 0 Å². The molecule has 0 aliphatic heterocycles. The smallest absolute Gasteiger partial charge is 0.303 e. The number of aliphatic carboxylic acids is 1. The van der Waals surface area contributed by atoms with Crippen molar-refractivity contribution < 1.29 is 9.90 Å². The maximum absolute atomic E-state index is 10.3. The van der Waals surface area contributed by atoms with Gasteiger partial charge in [-0.2, -0.15) is 0 Å². The van der Waals surface area contributed by atoms with E-state index in [0.717, 1.165) is 0 Å². The third-order valence-electron chi connectivity index (χ3n) is 1.68. The lowest BCUT2D eigenvalue weighted by Crippen LogP contribution is -1.98. The second-order valence-electron chi connectivity index (χ2n) is 2.75. The predicted octanol–water partition coefficient (Wildman–Crippen LogP) is 3.66. The number of carbonyl (C=O) groups is 1. The Bertz CT molecular complexity index is 363. The van der Waals surface area contributed by atoms with Crippen LogP contribution in [-0.4, -0.2) is 11.1 Å². The van der Waals surface area contributed by atoms with Crippen LogP contribution in [0.3, 0.4) is 0 Å². The van der Waals surface area contributed by atoms with Gasteiger partial charge in [0.15, 0.2) is 0 Å². The van der Waals surface area contributed by atoms with E-state index in [4.69, 9.17) is 39.9 Å². The molecule has 2 nitrogen and oxygen atoms in total. The highest BCUT2D eigenvalue weighted by atomic mass is 35.5. The van der Waals surface area contributed by atoms with Crippen LogP contribution < -0.4 is 0 Å². The molecular formula is C9H7Cl3O2. The van der Waals surface area contributed by atoms with Crippen LogP contribution in [0.15, 0.2) is 12.1 Å². The van der Waals surface area contributed by atoms with Gasteiger partial charge in [0, 0.05) is 11.4 Å². The summed E-state index contributed by atoms with van der Waals surface area (Å²) >= 11 is 17.4. The first kappa shape index (κ1) is 11.6. The van der Waals surface area contributed by atoms with Crippen molar-refractivity contribution in [2.45, 2.75) is 12.8 Å². The molecule has 0 saturated carbocycles. The van der Waals surface area contributed by atoms with Crippen molar-refractivity contribution in [1.82, 2.24) is 0 Å². The number of aryl methyl sites for hydroxylation is 1. The van der Waals surface area contributed by atoms with Crippen molar-refractivity contribution in [3.63, 3.8) is 0 Å². The molecule has 0 atom stereocenters. The Balaban J connectivity index is 2.90. The molecule has 0 aliphatic rings. The summed E-state index contributed by atoms with van der Waals surface area (Å²) in [6.07, 6.45) is 0.338. The first-order valence-corrected chi connectivity index (χ1v) is 4.99. The molecule has 76 valence electrons. The Kier molecular flexibility index (Phi) is 4.05. The van der Waals surface area contributed by atoms with Crippen LogP contribution in [-0.2, 0) is 11.2 Å². The van der Waals surface area contributed by atoms with Crippen molar-refractivity contribution in [3.05, 3.63) is 32.8 Å². The Morgan fingerprint density at radius 1 is 1.29 bits per heavy atom. The molecule has 0 amide bonds. The molecule has 1 aromatic rings. The molecule has 0 heterocycles. The lowest BCUT2D eigenvalue weighted by Gasteiger charge is -2.05. The van der Waals surface area contributed by atoms with E-state index < -0.39 is 5.97 Å². The van der Waals surface area contributed by atoms with Crippen molar-refractivity contribution in [1.29, 1.82) is 0 Å². The van der Waals surface area contributed by atoms with Crippen LogP contribution in [0.25, 0.3) is 0 Å². The van der Waals surface area contributed by atoms with Gasteiger partial charge in [-0.3, -0.25) is 4.79 Å². The minimum atomic E-state index is -0.878. The van der Waals surface area contributed by atoms with Gasteiger partial charge in [0.1, 0.15) is 0 Å². The Morgan fingerprint density at radius 3 is 2.50 bits per heavy atom. The lowest BCUT2D eigenvalue weighted by atomic mass is 10.1. The molecule has 0 bridgehead atoms. The molecule has 0 aromatic heterocycles. The first-order valence-electron chi connectivity index (χ1n) is 3.86. The van der Waals surface area contributed by atoms with Crippen LogP contribution in [0.1, 0.15) is 12.0 Å². The normalized spacial score (nSPS) is 10.2. The van der Waals surface area contributed by atoms with Crippen LogP contribution >= 0.6 is 34.8 Å². The monoisotopic (exact) mass is 252 g/mol. The molecular weight excluding hydrogens is 246 g/mol. The number of carboxylic acid groups (broad SMARTS) is 1. The number of carboxylic acids is 1. The lowest BCUT2D eigenvalue weighted by molar-refractivity contribution is -0.136. The van der Waals surface area contributed by atoms with Gasteiger partial charge in [-0.25, -0.2) is 0 Å². The molecule has 0 aliphatic carbocycles. The average Bonchev–Trinajstić information content (AvgIpc) is 2.08. The van der Waals surface area contributed by atoms with Crippen molar-refractivity contribution >= 4 is 40.8 Å². The van der Waals surface area contributed by atoms with E-state index in [0.29, 0.717) is 27.1 Å². The second kappa shape index (κ2) is 4.87. The fourth-order valence-electron chi connectivity index (χ4n) is 1.03. The van der Waals surface area contributed by atoms with Crippen molar-refractivity contribution in [3.8, 4) is 0 Å². The van der Waals surface area contributed by atoms with Gasteiger partial charge in [0.25, 0.3) is 0 Å². The topological polar surface area (TPSA) is 37.3 Å². The van der Waals surface area contributed by atoms with Gasteiger partial charge >= 0.3 is 5.97 Å². The van der Waals surface area contributed by atoms with Gasteiger partial charge in [-0.15, -0.1) is 0 Å². The second-order valence-corrected chi connectivity index (χ2v) is 3.98. The number of hydrogen-bond donors (Lipinski definition) is 1. The summed E-state index contributed by atoms with van der Waals surface area (Å²) in [6, 6.07) is 3.15. The highest BCUT2D eigenvalue weighted by Crippen LogP contribution is 2.30. The zero-order valence-corrected chi connectivity index (χ0v) is 9.33. The molecule has 14 heavy (non-hydrogen) atoms. The van der Waals surface area contributed by atoms with Gasteiger partial charge < -0.3 is 5.11 Å². The SMILES string of the molecule is O=C(O)CCc1cc(Cl)cc(Cl)c1Cl. The van der Waals surface area contributed by atoms with Crippen LogP contribution in [0.5, 0.6) is 0 Å². The molecule has 0 fully saturated rings. The van der Waals surface area contributed by atoms with Gasteiger partial charge in [-0.05, 0) is 24.1 Å². The van der Waals surface area contributed by atoms with Crippen LogP contribution in [0.4, 0.5) is 0 Å². The molecule has 1 rings (SSSR count). The zero-order chi connectivity index (χ0) is 10.7. The third kappa shape index (κ3) is 3.05. The van der Waals surface area contributed by atoms with Gasteiger partial charge in [-0.1, -0.05) is 34.8 Å². The van der Waals surface area contributed by atoms with E-state index >= 15 is 0 Å². The number of hydrogen-bond acceptors (Lipinski definition) is 1. The van der Waals surface area contributed by atoms with Crippen LogP contribution in [0, 0.1) is 0 Å². The summed E-state index contributed by atoms with van der Waals surface area (Å²) in [5, 5.41) is 9.67. The van der Waals surface area contributed by atoms with E-state index in [1.807, 2.05) is 0 Å². The van der Waals surface area contributed by atoms with E-state index in [9.17, 15) is 4.79 Å². The third-order valence-corrected chi connectivity index (χ3v) is 2.74. The summed E-state index contributed by atoms with van der Waals surface area (Å²) < 4.78 is 0. The number of rotatable bonds is 3. The van der Waals surface area contributed by atoms with E-state index in [1.165, 1.54) is 6.07 Å². The van der Waals surface area contributed by atoms with Gasteiger partial charge in [0.05, 0.1) is 10.0 Å². The highest BCUT2D eigenvalue weighted by Gasteiger charge is 2.08. The maximum atomic E-state index is 10.3. The van der Waals surface area contributed by atoms with Crippen molar-refractivity contribution in [2.75, 3.05) is 0 Å². The van der Waals surface area contributed by atoms with E-state index in [1.54, 1.807) is 6.07 Å². The standard InChI is InChI=1S/C9H7Cl3O2/c10-6-3-5(1-2-8(13)14)9(12)7(11)4-6/h3-4H,1-2H2,(H,13,14).